The highest BCUT2D eigenvalue weighted by Gasteiger charge is 2.36. The molecule has 0 aromatic heterocycles. The third-order valence-corrected chi connectivity index (χ3v) is 4.98. The van der Waals surface area contributed by atoms with Crippen LogP contribution in [0.25, 0.3) is 0 Å². The molecule has 5 nitrogen and oxygen atoms in total. The molecular weight excluding hydrogens is 278 g/mol. The molecule has 5 heteroatoms. The molecular formula is C17H33N3O2. The van der Waals surface area contributed by atoms with E-state index in [1.807, 2.05) is 25.7 Å². The Labute approximate surface area is 135 Å². The lowest BCUT2D eigenvalue weighted by Gasteiger charge is -2.45. The Bertz CT molecular complexity index is 386. The van der Waals surface area contributed by atoms with Crippen LogP contribution in [-0.2, 0) is 4.74 Å². The average molecular weight is 311 g/mol. The number of amides is 1. The van der Waals surface area contributed by atoms with Crippen molar-refractivity contribution in [3.63, 3.8) is 0 Å². The number of hydrogen-bond donors (Lipinski definition) is 0. The highest BCUT2D eigenvalue weighted by molar-refractivity contribution is 5.68. The summed E-state index contributed by atoms with van der Waals surface area (Å²) in [6.07, 6.45) is 3.10. The summed E-state index contributed by atoms with van der Waals surface area (Å²) in [5.74, 6) is 0. The van der Waals surface area contributed by atoms with E-state index < -0.39 is 5.60 Å². The topological polar surface area (TPSA) is 36.0 Å². The smallest absolute Gasteiger partial charge is 0.410 e. The van der Waals surface area contributed by atoms with Crippen LogP contribution >= 0.6 is 0 Å². The molecule has 0 radical (unpaired) electrons. The number of nitrogens with zero attached hydrogens (tertiary/aromatic N) is 3. The summed E-state index contributed by atoms with van der Waals surface area (Å²) in [6, 6.07) is 0. The molecule has 1 amide bonds. The summed E-state index contributed by atoms with van der Waals surface area (Å²) in [5, 5.41) is 0. The molecule has 2 heterocycles. The Morgan fingerprint density at radius 3 is 2.23 bits per heavy atom. The van der Waals surface area contributed by atoms with Crippen LogP contribution in [0.15, 0.2) is 0 Å². The van der Waals surface area contributed by atoms with Crippen molar-refractivity contribution in [1.29, 1.82) is 0 Å². The third kappa shape index (κ3) is 4.59. The van der Waals surface area contributed by atoms with E-state index in [9.17, 15) is 4.79 Å². The Hall–Kier alpha value is -0.810. The van der Waals surface area contributed by atoms with Crippen LogP contribution in [0.4, 0.5) is 4.79 Å². The van der Waals surface area contributed by atoms with Crippen molar-refractivity contribution in [3.8, 4) is 0 Å². The van der Waals surface area contributed by atoms with Crippen LogP contribution in [0, 0.1) is 0 Å². The van der Waals surface area contributed by atoms with Crippen molar-refractivity contribution in [2.24, 2.45) is 0 Å². The molecule has 2 rings (SSSR count). The van der Waals surface area contributed by atoms with Gasteiger partial charge < -0.3 is 14.5 Å². The monoisotopic (exact) mass is 311 g/mol. The predicted octanol–water partition coefficient (Wildman–Crippen LogP) is 2.41. The maximum atomic E-state index is 12.3. The first-order valence-electron chi connectivity index (χ1n) is 8.61. The number of piperazine rings is 1. The molecule has 1 atom stereocenters. The molecule has 2 saturated heterocycles. The zero-order valence-electron chi connectivity index (χ0n) is 15.0. The van der Waals surface area contributed by atoms with Gasteiger partial charge in [0.1, 0.15) is 5.60 Å². The first-order valence-corrected chi connectivity index (χ1v) is 8.61. The molecule has 0 saturated carbocycles. The van der Waals surface area contributed by atoms with E-state index in [0.717, 1.165) is 58.5 Å². The van der Waals surface area contributed by atoms with Crippen molar-refractivity contribution in [2.45, 2.75) is 58.1 Å². The second-order valence-electron chi connectivity index (χ2n) is 8.11. The lowest BCUT2D eigenvalue weighted by molar-refractivity contribution is 0.0216. The molecule has 128 valence electrons. The van der Waals surface area contributed by atoms with Crippen LogP contribution in [0.2, 0.25) is 0 Å². The van der Waals surface area contributed by atoms with E-state index in [2.05, 4.69) is 23.8 Å². The van der Waals surface area contributed by atoms with Gasteiger partial charge in [0.05, 0.1) is 0 Å². The van der Waals surface area contributed by atoms with Gasteiger partial charge in [0.2, 0.25) is 0 Å². The lowest BCUT2D eigenvalue weighted by Crippen LogP contribution is -2.55. The molecule has 0 aromatic carbocycles. The van der Waals surface area contributed by atoms with E-state index in [1.54, 1.807) is 0 Å². The van der Waals surface area contributed by atoms with Crippen LogP contribution in [0.3, 0.4) is 0 Å². The predicted molar refractivity (Wildman–Crippen MR) is 89.1 cm³/mol. The Balaban J connectivity index is 1.92. The Morgan fingerprint density at radius 2 is 1.64 bits per heavy atom. The molecule has 0 bridgehead atoms. The van der Waals surface area contributed by atoms with E-state index in [1.165, 1.54) is 0 Å². The lowest BCUT2D eigenvalue weighted by atomic mass is 9.90. The van der Waals surface area contributed by atoms with Crippen LogP contribution < -0.4 is 0 Å². The van der Waals surface area contributed by atoms with Gasteiger partial charge in [-0.1, -0.05) is 0 Å². The summed E-state index contributed by atoms with van der Waals surface area (Å²) in [6.45, 7) is 14.3. The summed E-state index contributed by atoms with van der Waals surface area (Å²) in [7, 11) is 2.19. The van der Waals surface area contributed by atoms with Crippen molar-refractivity contribution in [2.75, 3.05) is 46.3 Å². The van der Waals surface area contributed by atoms with Crippen molar-refractivity contribution >= 4 is 6.09 Å². The molecule has 2 aliphatic rings. The number of carbonyl (C=O) groups excluding carboxylic acids is 1. The van der Waals surface area contributed by atoms with Crippen LogP contribution in [0.1, 0.15) is 47.0 Å². The van der Waals surface area contributed by atoms with Crippen LogP contribution in [0.5, 0.6) is 0 Å². The Kier molecular flexibility index (Phi) is 5.38. The van der Waals surface area contributed by atoms with Gasteiger partial charge in [0.25, 0.3) is 0 Å². The number of likely N-dealkylation sites (tertiary alicyclic amines) is 1. The largest absolute Gasteiger partial charge is 0.444 e. The quantitative estimate of drug-likeness (QED) is 0.745. The third-order valence-electron chi connectivity index (χ3n) is 4.98. The maximum absolute atomic E-state index is 12.3. The first kappa shape index (κ1) is 17.5. The number of hydrogen-bond acceptors (Lipinski definition) is 4. The molecule has 2 fully saturated rings. The molecule has 0 N–H and O–H groups in total. The summed E-state index contributed by atoms with van der Waals surface area (Å²) in [5.41, 5.74) is -0.192. The van der Waals surface area contributed by atoms with Gasteiger partial charge in [0.15, 0.2) is 0 Å². The van der Waals surface area contributed by atoms with Gasteiger partial charge in [0, 0.05) is 44.8 Å². The van der Waals surface area contributed by atoms with Gasteiger partial charge in [-0.25, -0.2) is 4.79 Å². The normalized spacial score (nSPS) is 29.2. The van der Waals surface area contributed by atoms with Gasteiger partial charge in [-0.15, -0.1) is 0 Å². The minimum absolute atomic E-state index is 0.157. The Morgan fingerprint density at radius 1 is 1.00 bits per heavy atom. The van der Waals surface area contributed by atoms with Gasteiger partial charge in [-0.05, 0) is 54.0 Å². The average Bonchev–Trinajstić information content (AvgIpc) is 2.60. The zero-order chi connectivity index (χ0) is 16.4. The minimum Gasteiger partial charge on any atom is -0.444 e. The van der Waals surface area contributed by atoms with Gasteiger partial charge in [-0.3, -0.25) is 4.90 Å². The highest BCUT2D eigenvalue weighted by Crippen LogP contribution is 2.30. The fraction of sp³-hybridized carbons (Fsp3) is 0.941. The molecule has 2 aliphatic heterocycles. The molecule has 0 aliphatic carbocycles. The van der Waals surface area contributed by atoms with E-state index in [-0.39, 0.29) is 11.6 Å². The second-order valence-corrected chi connectivity index (χ2v) is 8.11. The fourth-order valence-electron chi connectivity index (χ4n) is 3.43. The summed E-state index contributed by atoms with van der Waals surface area (Å²) in [4.78, 5) is 19.2. The van der Waals surface area contributed by atoms with E-state index in [4.69, 9.17) is 4.74 Å². The second kappa shape index (κ2) is 6.75. The standard InChI is InChI=1S/C17H33N3O2/c1-16(2,3)22-15(21)19-9-6-7-17(4,8-10-19)20-13-11-18(5)12-14-20/h6-14H2,1-5H3. The number of ether oxygens (including phenoxy) is 1. The zero-order valence-corrected chi connectivity index (χ0v) is 15.0. The van der Waals surface area contributed by atoms with Crippen molar-refractivity contribution in [1.82, 2.24) is 14.7 Å². The van der Waals surface area contributed by atoms with Crippen molar-refractivity contribution < 1.29 is 9.53 Å². The molecule has 1 unspecified atom stereocenters. The molecule has 0 spiro atoms. The van der Waals surface area contributed by atoms with Gasteiger partial charge >= 0.3 is 6.09 Å². The first-order chi connectivity index (χ1) is 10.2. The number of likely N-dealkylation sites (N-methyl/N-ethyl adjacent to an activating group) is 1. The highest BCUT2D eigenvalue weighted by atomic mass is 16.6. The minimum atomic E-state index is -0.413. The van der Waals surface area contributed by atoms with E-state index in [0.29, 0.717) is 0 Å². The van der Waals surface area contributed by atoms with E-state index >= 15 is 0 Å². The fourth-order valence-corrected chi connectivity index (χ4v) is 3.43. The maximum Gasteiger partial charge on any atom is 0.410 e. The van der Waals surface area contributed by atoms with Crippen LogP contribution in [-0.4, -0.2) is 78.2 Å². The van der Waals surface area contributed by atoms with Gasteiger partial charge in [-0.2, -0.15) is 0 Å². The SMILES string of the molecule is CN1CCN(C2(C)CCCN(C(=O)OC(C)(C)C)CC2)CC1. The molecule has 22 heavy (non-hydrogen) atoms. The number of rotatable bonds is 1. The van der Waals surface area contributed by atoms with Crippen molar-refractivity contribution in [3.05, 3.63) is 0 Å². The molecule has 0 aromatic rings. The number of carbonyl (C=O) groups is 1. The summed E-state index contributed by atoms with van der Waals surface area (Å²) < 4.78 is 5.53. The summed E-state index contributed by atoms with van der Waals surface area (Å²) >= 11 is 0.